The highest BCUT2D eigenvalue weighted by atomic mass is 32.2. The van der Waals surface area contributed by atoms with Gasteiger partial charge in [-0.25, -0.2) is 9.97 Å². The van der Waals surface area contributed by atoms with Crippen LogP contribution in [0.2, 0.25) is 0 Å². The van der Waals surface area contributed by atoms with E-state index in [-0.39, 0.29) is 5.41 Å². The lowest BCUT2D eigenvalue weighted by Gasteiger charge is -2.23. The summed E-state index contributed by atoms with van der Waals surface area (Å²) >= 11 is 1.96. The van der Waals surface area contributed by atoms with Crippen LogP contribution in [0.1, 0.15) is 56.8 Å². The Labute approximate surface area is 108 Å². The van der Waals surface area contributed by atoms with E-state index in [0.717, 1.165) is 11.5 Å². The maximum absolute atomic E-state index is 5.90. The predicted molar refractivity (Wildman–Crippen MR) is 74.2 cm³/mol. The minimum absolute atomic E-state index is 0.0329. The van der Waals surface area contributed by atoms with E-state index in [1.54, 1.807) is 0 Å². The third kappa shape index (κ3) is 3.12. The Bertz CT molecular complexity index is 392. The third-order valence-corrected chi connectivity index (χ3v) is 4.37. The van der Waals surface area contributed by atoms with Crippen molar-refractivity contribution in [3.8, 4) is 0 Å². The second kappa shape index (κ2) is 4.84. The molecule has 0 saturated carbocycles. The lowest BCUT2D eigenvalue weighted by Crippen LogP contribution is -2.18. The van der Waals surface area contributed by atoms with Crippen LogP contribution in [0.5, 0.6) is 0 Å². The monoisotopic (exact) mass is 251 g/mol. The smallest absolute Gasteiger partial charge is 0.143 e. The van der Waals surface area contributed by atoms with Crippen LogP contribution in [-0.4, -0.2) is 15.7 Å². The lowest BCUT2D eigenvalue weighted by molar-refractivity contribution is 0.558. The molecule has 0 aliphatic carbocycles. The summed E-state index contributed by atoms with van der Waals surface area (Å²) < 4.78 is 0. The van der Waals surface area contributed by atoms with Crippen LogP contribution in [0.4, 0.5) is 5.82 Å². The average molecular weight is 251 g/mol. The van der Waals surface area contributed by atoms with Crippen molar-refractivity contribution < 1.29 is 0 Å². The quantitative estimate of drug-likeness (QED) is 0.832. The van der Waals surface area contributed by atoms with Crippen LogP contribution >= 0.6 is 11.8 Å². The van der Waals surface area contributed by atoms with Crippen molar-refractivity contribution in [3.63, 3.8) is 0 Å². The summed E-state index contributed by atoms with van der Waals surface area (Å²) in [5, 5.41) is 0.438. The molecule has 1 fully saturated rings. The van der Waals surface area contributed by atoms with Crippen molar-refractivity contribution in [2.24, 2.45) is 0 Å². The minimum atomic E-state index is 0.0329. The molecule has 3 nitrogen and oxygen atoms in total. The molecule has 17 heavy (non-hydrogen) atoms. The van der Waals surface area contributed by atoms with Gasteiger partial charge in [0.25, 0.3) is 0 Å². The first-order valence-electron chi connectivity index (χ1n) is 6.23. The lowest BCUT2D eigenvalue weighted by atomic mass is 9.92. The summed E-state index contributed by atoms with van der Waals surface area (Å²) in [6.07, 6.45) is 3.77. The van der Waals surface area contributed by atoms with Gasteiger partial charge < -0.3 is 5.73 Å². The zero-order chi connectivity index (χ0) is 12.5. The van der Waals surface area contributed by atoms with E-state index in [9.17, 15) is 0 Å². The molecule has 0 radical (unpaired) electrons. The molecule has 1 unspecified atom stereocenters. The van der Waals surface area contributed by atoms with Crippen LogP contribution in [0.25, 0.3) is 0 Å². The molecule has 2 N–H and O–H groups in total. The molecule has 1 aromatic heterocycles. The van der Waals surface area contributed by atoms with Crippen molar-refractivity contribution >= 4 is 17.6 Å². The molecule has 2 rings (SSSR count). The molecular weight excluding hydrogens is 230 g/mol. The zero-order valence-corrected chi connectivity index (χ0v) is 11.7. The highest BCUT2D eigenvalue weighted by Gasteiger charge is 2.23. The predicted octanol–water partition coefficient (Wildman–Crippen LogP) is 3.31. The fraction of sp³-hybridized carbons (Fsp3) is 0.692. The second-order valence-corrected chi connectivity index (χ2v) is 6.95. The van der Waals surface area contributed by atoms with Gasteiger partial charge in [0.05, 0.1) is 10.9 Å². The first-order valence-corrected chi connectivity index (χ1v) is 7.28. The molecule has 1 atom stereocenters. The molecule has 0 spiro atoms. The van der Waals surface area contributed by atoms with Gasteiger partial charge in [-0.2, -0.15) is 11.8 Å². The van der Waals surface area contributed by atoms with Crippen LogP contribution in [0, 0.1) is 0 Å². The van der Waals surface area contributed by atoms with Crippen molar-refractivity contribution in [1.82, 2.24) is 9.97 Å². The highest BCUT2D eigenvalue weighted by Crippen LogP contribution is 2.37. The Morgan fingerprint density at radius 3 is 2.65 bits per heavy atom. The van der Waals surface area contributed by atoms with E-state index >= 15 is 0 Å². The first-order chi connectivity index (χ1) is 7.97. The molecule has 94 valence electrons. The number of aromatic nitrogens is 2. The Balaban J connectivity index is 2.31. The number of thioether (sulfide) groups is 1. The fourth-order valence-corrected chi connectivity index (χ4v) is 3.20. The number of anilines is 1. The van der Waals surface area contributed by atoms with E-state index in [1.165, 1.54) is 25.0 Å². The zero-order valence-electron chi connectivity index (χ0n) is 10.9. The van der Waals surface area contributed by atoms with Gasteiger partial charge in [0, 0.05) is 11.5 Å². The van der Waals surface area contributed by atoms with Crippen LogP contribution < -0.4 is 5.73 Å². The minimum Gasteiger partial charge on any atom is -0.384 e. The van der Waals surface area contributed by atoms with E-state index in [2.05, 4.69) is 25.8 Å². The Morgan fingerprint density at radius 2 is 2.06 bits per heavy atom. The van der Waals surface area contributed by atoms with Gasteiger partial charge in [-0.15, -0.1) is 0 Å². The number of hydrogen-bond donors (Lipinski definition) is 1. The molecular formula is C13H21N3S. The third-order valence-electron chi connectivity index (χ3n) is 3.00. The summed E-state index contributed by atoms with van der Waals surface area (Å²) in [5.74, 6) is 2.75. The van der Waals surface area contributed by atoms with Crippen molar-refractivity contribution in [1.29, 1.82) is 0 Å². The fourth-order valence-electron chi connectivity index (χ4n) is 1.96. The molecule has 0 bridgehead atoms. The number of rotatable bonds is 1. The molecule has 1 aromatic rings. The highest BCUT2D eigenvalue weighted by molar-refractivity contribution is 7.99. The van der Waals surface area contributed by atoms with Crippen LogP contribution in [-0.2, 0) is 5.41 Å². The standard InChI is InChI=1S/C13H21N3S/c1-13(2,3)10-8-11(14)16-12(15-10)9-6-4-5-7-17-9/h8-9H,4-7H2,1-3H3,(H2,14,15,16). The van der Waals surface area contributed by atoms with Gasteiger partial charge in [-0.05, 0) is 18.6 Å². The normalized spacial score (nSPS) is 21.5. The summed E-state index contributed by atoms with van der Waals surface area (Å²) in [5.41, 5.74) is 6.98. The number of nitrogens with two attached hydrogens (primary N) is 1. The Morgan fingerprint density at radius 1 is 1.29 bits per heavy atom. The van der Waals surface area contributed by atoms with Crippen molar-refractivity contribution in [2.75, 3.05) is 11.5 Å². The van der Waals surface area contributed by atoms with E-state index in [1.807, 2.05) is 17.8 Å². The van der Waals surface area contributed by atoms with Gasteiger partial charge >= 0.3 is 0 Å². The van der Waals surface area contributed by atoms with Gasteiger partial charge in [-0.1, -0.05) is 27.2 Å². The summed E-state index contributed by atoms with van der Waals surface area (Å²) in [4.78, 5) is 9.13. The average Bonchev–Trinajstić information content (AvgIpc) is 2.28. The number of hydrogen-bond acceptors (Lipinski definition) is 4. The second-order valence-electron chi connectivity index (χ2n) is 5.64. The Kier molecular flexibility index (Phi) is 3.61. The molecule has 1 aliphatic heterocycles. The van der Waals surface area contributed by atoms with E-state index < -0.39 is 0 Å². The largest absolute Gasteiger partial charge is 0.384 e. The summed E-state index contributed by atoms with van der Waals surface area (Å²) in [6.45, 7) is 6.48. The maximum Gasteiger partial charge on any atom is 0.143 e. The van der Waals surface area contributed by atoms with Gasteiger partial charge in [0.1, 0.15) is 11.6 Å². The molecule has 1 saturated heterocycles. The van der Waals surface area contributed by atoms with E-state index in [4.69, 9.17) is 10.7 Å². The topological polar surface area (TPSA) is 51.8 Å². The van der Waals surface area contributed by atoms with Crippen molar-refractivity contribution in [3.05, 3.63) is 17.6 Å². The number of nitrogen functional groups attached to an aromatic ring is 1. The van der Waals surface area contributed by atoms with Crippen LogP contribution in [0.15, 0.2) is 6.07 Å². The summed E-state index contributed by atoms with van der Waals surface area (Å²) in [7, 11) is 0. The number of nitrogens with zero attached hydrogens (tertiary/aromatic N) is 2. The summed E-state index contributed by atoms with van der Waals surface area (Å²) in [6, 6.07) is 1.90. The van der Waals surface area contributed by atoms with Gasteiger partial charge in [-0.3, -0.25) is 0 Å². The van der Waals surface area contributed by atoms with E-state index in [0.29, 0.717) is 11.1 Å². The first kappa shape index (κ1) is 12.7. The SMILES string of the molecule is CC(C)(C)c1cc(N)nc(C2CCCCS2)n1. The van der Waals surface area contributed by atoms with Crippen molar-refractivity contribution in [2.45, 2.75) is 50.7 Å². The van der Waals surface area contributed by atoms with Gasteiger partial charge in [0.2, 0.25) is 0 Å². The molecule has 0 amide bonds. The van der Waals surface area contributed by atoms with Gasteiger partial charge in [0.15, 0.2) is 0 Å². The Hall–Kier alpha value is -0.770. The molecule has 2 heterocycles. The van der Waals surface area contributed by atoms with Crippen LogP contribution in [0.3, 0.4) is 0 Å². The molecule has 4 heteroatoms. The molecule has 1 aliphatic rings. The maximum atomic E-state index is 5.90. The molecule has 0 aromatic carbocycles.